The van der Waals surface area contributed by atoms with Gasteiger partial charge in [0.2, 0.25) is 0 Å². The normalized spacial score (nSPS) is 17.1. The van der Waals surface area contributed by atoms with Crippen LogP contribution in [0.3, 0.4) is 0 Å². The third-order valence-corrected chi connectivity index (χ3v) is 4.01. The van der Waals surface area contributed by atoms with Gasteiger partial charge in [0.25, 0.3) is 0 Å². The van der Waals surface area contributed by atoms with E-state index in [1.54, 1.807) is 17.8 Å². The van der Waals surface area contributed by atoms with Crippen molar-refractivity contribution in [3.63, 3.8) is 0 Å². The smallest absolute Gasteiger partial charge is 0.147 e. The lowest BCUT2D eigenvalue weighted by atomic mass is 10.1. The van der Waals surface area contributed by atoms with E-state index in [-0.39, 0.29) is 17.8 Å². The number of aliphatic imine (C=N–C) groups is 1. The Labute approximate surface area is 121 Å². The predicted molar refractivity (Wildman–Crippen MR) is 81.7 cm³/mol. The molecule has 1 heterocycles. The van der Waals surface area contributed by atoms with E-state index in [1.807, 2.05) is 36.6 Å². The van der Waals surface area contributed by atoms with Crippen LogP contribution >= 0.6 is 11.8 Å². The summed E-state index contributed by atoms with van der Waals surface area (Å²) in [5, 5.41) is 3.21. The summed E-state index contributed by atoms with van der Waals surface area (Å²) in [4.78, 5) is 5.53. The van der Waals surface area contributed by atoms with Gasteiger partial charge >= 0.3 is 0 Å². The zero-order valence-electron chi connectivity index (χ0n) is 10.9. The number of nitrogens with zero attached hydrogens (tertiary/aromatic N) is 1. The van der Waals surface area contributed by atoms with Gasteiger partial charge in [-0.1, -0.05) is 18.2 Å². The van der Waals surface area contributed by atoms with Gasteiger partial charge in [-0.15, -0.1) is 11.8 Å². The largest absolute Gasteiger partial charge is 0.383 e. The van der Waals surface area contributed by atoms with Crippen LogP contribution < -0.4 is 11.1 Å². The van der Waals surface area contributed by atoms with Crippen LogP contribution in [0.15, 0.2) is 52.4 Å². The molecule has 3 nitrogen and oxygen atoms in total. The molecule has 2 aromatic rings. The number of amidine groups is 1. The van der Waals surface area contributed by atoms with Gasteiger partial charge < -0.3 is 11.1 Å². The van der Waals surface area contributed by atoms with Crippen LogP contribution in [0.2, 0.25) is 0 Å². The summed E-state index contributed by atoms with van der Waals surface area (Å²) in [5.74, 6) is -0.122. The van der Waals surface area contributed by atoms with Crippen molar-refractivity contribution in [1.82, 2.24) is 0 Å². The van der Waals surface area contributed by atoms with Crippen molar-refractivity contribution in [2.75, 3.05) is 11.6 Å². The fourth-order valence-corrected chi connectivity index (χ4v) is 2.64. The van der Waals surface area contributed by atoms with Crippen molar-refractivity contribution in [1.29, 1.82) is 0 Å². The minimum Gasteiger partial charge on any atom is -0.383 e. The van der Waals surface area contributed by atoms with Crippen LogP contribution in [0.4, 0.5) is 10.1 Å². The summed E-state index contributed by atoms with van der Waals surface area (Å²) < 4.78 is 13.7. The quantitative estimate of drug-likeness (QED) is 0.833. The summed E-state index contributed by atoms with van der Waals surface area (Å²) in [7, 11) is 0. The van der Waals surface area contributed by atoms with Crippen LogP contribution in [0.5, 0.6) is 0 Å². The van der Waals surface area contributed by atoms with Gasteiger partial charge in [-0.05, 0) is 36.1 Å². The molecule has 5 heteroatoms. The van der Waals surface area contributed by atoms with Gasteiger partial charge in [0, 0.05) is 10.6 Å². The van der Waals surface area contributed by atoms with Crippen LogP contribution in [-0.2, 0) is 0 Å². The molecule has 0 amide bonds. The SMILES string of the molecule is CSc1ccc(C2N=C(N)c3c(F)cccc3N2)cc1. The van der Waals surface area contributed by atoms with E-state index >= 15 is 0 Å². The van der Waals surface area contributed by atoms with Gasteiger partial charge in [-0.25, -0.2) is 9.38 Å². The van der Waals surface area contributed by atoms with Crippen molar-refractivity contribution in [2.45, 2.75) is 11.1 Å². The van der Waals surface area contributed by atoms with Gasteiger partial charge in [-0.3, -0.25) is 0 Å². The van der Waals surface area contributed by atoms with Gasteiger partial charge in [0.1, 0.15) is 17.8 Å². The number of halogens is 1. The van der Waals surface area contributed by atoms with E-state index in [0.717, 1.165) is 5.56 Å². The Bertz CT molecular complexity index is 667. The Morgan fingerprint density at radius 2 is 1.95 bits per heavy atom. The summed E-state index contributed by atoms with van der Waals surface area (Å²) in [6.07, 6.45) is 1.75. The number of hydrogen-bond donors (Lipinski definition) is 2. The van der Waals surface area contributed by atoms with E-state index in [9.17, 15) is 4.39 Å². The number of rotatable bonds is 2. The number of hydrogen-bond acceptors (Lipinski definition) is 4. The highest BCUT2D eigenvalue weighted by Gasteiger charge is 2.22. The van der Waals surface area contributed by atoms with Crippen molar-refractivity contribution in [3.8, 4) is 0 Å². The summed E-state index contributed by atoms with van der Waals surface area (Å²) >= 11 is 1.68. The molecule has 0 radical (unpaired) electrons. The first kappa shape index (κ1) is 13.0. The van der Waals surface area contributed by atoms with Crippen molar-refractivity contribution >= 4 is 23.3 Å². The molecule has 3 rings (SSSR count). The highest BCUT2D eigenvalue weighted by molar-refractivity contribution is 7.98. The lowest BCUT2D eigenvalue weighted by Crippen LogP contribution is -2.26. The molecular weight excluding hydrogens is 273 g/mol. The van der Waals surface area contributed by atoms with Crippen molar-refractivity contribution in [3.05, 3.63) is 59.4 Å². The van der Waals surface area contributed by atoms with Gasteiger partial charge in [-0.2, -0.15) is 0 Å². The van der Waals surface area contributed by atoms with Crippen LogP contribution in [0, 0.1) is 5.82 Å². The second-order valence-corrected chi connectivity index (χ2v) is 5.38. The zero-order chi connectivity index (χ0) is 14.1. The molecule has 1 aliphatic rings. The number of anilines is 1. The first-order valence-corrected chi connectivity index (χ1v) is 7.44. The molecule has 1 unspecified atom stereocenters. The maximum atomic E-state index is 13.7. The average Bonchev–Trinajstić information content (AvgIpc) is 2.47. The lowest BCUT2D eigenvalue weighted by molar-refractivity contribution is 0.623. The van der Waals surface area contributed by atoms with Crippen LogP contribution in [0.1, 0.15) is 17.3 Å². The third-order valence-electron chi connectivity index (χ3n) is 3.26. The second kappa shape index (κ2) is 5.17. The fourth-order valence-electron chi connectivity index (χ4n) is 2.23. The molecule has 0 aromatic heterocycles. The molecule has 20 heavy (non-hydrogen) atoms. The highest BCUT2D eigenvalue weighted by atomic mass is 32.2. The van der Waals surface area contributed by atoms with Crippen molar-refractivity contribution in [2.24, 2.45) is 10.7 Å². The molecule has 102 valence electrons. The molecular formula is C15H14FN3S. The molecule has 1 aliphatic heterocycles. The van der Waals surface area contributed by atoms with Crippen LogP contribution in [-0.4, -0.2) is 12.1 Å². The number of nitrogens with one attached hydrogen (secondary N) is 1. The maximum absolute atomic E-state index is 13.7. The summed E-state index contributed by atoms with van der Waals surface area (Å²) in [6, 6.07) is 12.9. The number of fused-ring (bicyclic) bond motifs is 1. The fraction of sp³-hybridized carbons (Fsp3) is 0.133. The minimum absolute atomic E-state index is 0.232. The highest BCUT2D eigenvalue weighted by Crippen LogP contribution is 2.30. The van der Waals surface area contributed by atoms with E-state index in [2.05, 4.69) is 10.3 Å². The molecule has 2 aromatic carbocycles. The molecule has 0 aliphatic carbocycles. The Balaban J connectivity index is 1.97. The predicted octanol–water partition coefficient (Wildman–Crippen LogP) is 3.38. The molecule has 0 saturated heterocycles. The van der Waals surface area contributed by atoms with Crippen LogP contribution in [0.25, 0.3) is 0 Å². The maximum Gasteiger partial charge on any atom is 0.147 e. The molecule has 3 N–H and O–H groups in total. The first-order chi connectivity index (χ1) is 9.69. The summed E-state index contributed by atoms with van der Waals surface area (Å²) in [5.41, 5.74) is 7.93. The Hall–Kier alpha value is -2.01. The zero-order valence-corrected chi connectivity index (χ0v) is 11.7. The minimum atomic E-state index is -0.354. The van der Waals surface area contributed by atoms with E-state index in [0.29, 0.717) is 11.3 Å². The topological polar surface area (TPSA) is 50.4 Å². The monoisotopic (exact) mass is 287 g/mol. The number of nitrogens with two attached hydrogens (primary N) is 1. The molecule has 0 fully saturated rings. The molecule has 0 bridgehead atoms. The van der Waals surface area contributed by atoms with Gasteiger partial charge in [0.15, 0.2) is 0 Å². The van der Waals surface area contributed by atoms with Gasteiger partial charge in [0.05, 0.1) is 5.56 Å². The molecule has 1 atom stereocenters. The Morgan fingerprint density at radius 3 is 2.65 bits per heavy atom. The molecule has 0 saturated carbocycles. The summed E-state index contributed by atoms with van der Waals surface area (Å²) in [6.45, 7) is 0. The van der Waals surface area contributed by atoms with E-state index in [1.165, 1.54) is 11.0 Å². The number of benzene rings is 2. The standard InChI is InChI=1S/C15H14FN3S/c1-20-10-7-5-9(6-8-10)15-18-12-4-2-3-11(16)13(12)14(17)19-15/h2-8,15,18H,1H3,(H2,17,19). The van der Waals surface area contributed by atoms with E-state index < -0.39 is 0 Å². The third kappa shape index (κ3) is 2.25. The lowest BCUT2D eigenvalue weighted by Gasteiger charge is -2.24. The van der Waals surface area contributed by atoms with Crippen molar-refractivity contribution < 1.29 is 4.39 Å². The second-order valence-electron chi connectivity index (χ2n) is 4.50. The Morgan fingerprint density at radius 1 is 1.20 bits per heavy atom. The number of thioether (sulfide) groups is 1. The molecule has 0 spiro atoms. The first-order valence-electron chi connectivity index (χ1n) is 6.21. The Kier molecular flexibility index (Phi) is 3.36. The van der Waals surface area contributed by atoms with E-state index in [4.69, 9.17) is 5.73 Å². The average molecular weight is 287 g/mol.